The maximum absolute atomic E-state index is 12.4. The number of carbonyl (C=O) groups excluding carboxylic acids is 1. The Morgan fingerprint density at radius 1 is 1.48 bits per heavy atom. The quantitative estimate of drug-likeness (QED) is 0.523. The van der Waals surface area contributed by atoms with Gasteiger partial charge in [-0.05, 0) is 39.9 Å². The topological polar surface area (TPSA) is 119 Å². The van der Waals surface area contributed by atoms with Crippen molar-refractivity contribution in [3.63, 3.8) is 0 Å². The van der Waals surface area contributed by atoms with E-state index in [1.165, 1.54) is 18.2 Å². The number of halogens is 3. The van der Waals surface area contributed by atoms with E-state index in [0.29, 0.717) is 0 Å². The molecule has 0 aliphatic rings. The molecular weight excluding hydrogens is 410 g/mol. The largest absolute Gasteiger partial charge is 0.490 e. The monoisotopic (exact) mass is 420 g/mol. The number of benzene rings is 1. The van der Waals surface area contributed by atoms with Crippen LogP contribution in [0.25, 0.3) is 0 Å². The van der Waals surface area contributed by atoms with Gasteiger partial charge in [-0.2, -0.15) is 8.78 Å². The molecule has 0 saturated carbocycles. The fourth-order valence-electron chi connectivity index (χ4n) is 1.83. The molecule has 2 rings (SSSR count). The van der Waals surface area contributed by atoms with Crippen molar-refractivity contribution in [3.05, 3.63) is 38.5 Å². The average molecular weight is 421 g/mol. The average Bonchev–Trinajstić information content (AvgIpc) is 2.91. The number of H-pyrrole nitrogens is 1. The van der Waals surface area contributed by atoms with Crippen LogP contribution in [0.15, 0.2) is 22.7 Å². The summed E-state index contributed by atoms with van der Waals surface area (Å²) in [5, 5.41) is 18.9. The van der Waals surface area contributed by atoms with Gasteiger partial charge in [0, 0.05) is 11.8 Å². The van der Waals surface area contributed by atoms with Gasteiger partial charge in [-0.25, -0.2) is 0 Å². The third-order valence-electron chi connectivity index (χ3n) is 2.80. The van der Waals surface area contributed by atoms with Gasteiger partial charge in [0.1, 0.15) is 4.47 Å². The Hall–Kier alpha value is -2.76. The lowest BCUT2D eigenvalue weighted by molar-refractivity contribution is -0.390. The standard InChI is InChI=1S/C13H11BrF2N4O5/c1-2-24-8-5-6(3-4-7(8)25-13(15)16)17-12(21)10-9(14)11(19-18-10)20(22)23/h3-5,13H,2H2,1H3,(H,17,21)(H,18,19). The molecule has 1 aromatic heterocycles. The number of alkyl halides is 2. The summed E-state index contributed by atoms with van der Waals surface area (Å²) in [4.78, 5) is 22.2. The number of nitrogens with zero attached hydrogens (tertiary/aromatic N) is 2. The number of aromatic amines is 1. The van der Waals surface area contributed by atoms with Gasteiger partial charge < -0.3 is 24.9 Å². The lowest BCUT2D eigenvalue weighted by Crippen LogP contribution is -2.13. The van der Waals surface area contributed by atoms with Gasteiger partial charge in [0.25, 0.3) is 5.91 Å². The van der Waals surface area contributed by atoms with Crippen LogP contribution in [-0.2, 0) is 0 Å². The maximum atomic E-state index is 12.4. The Labute approximate surface area is 147 Å². The molecule has 0 bridgehead atoms. The lowest BCUT2D eigenvalue weighted by Gasteiger charge is -2.13. The molecule has 134 valence electrons. The molecule has 0 saturated heterocycles. The molecule has 1 amide bonds. The maximum Gasteiger partial charge on any atom is 0.387 e. The van der Waals surface area contributed by atoms with E-state index in [4.69, 9.17) is 4.74 Å². The first kappa shape index (κ1) is 18.6. The molecule has 25 heavy (non-hydrogen) atoms. The first-order valence-electron chi connectivity index (χ1n) is 6.74. The first-order chi connectivity index (χ1) is 11.8. The van der Waals surface area contributed by atoms with E-state index in [1.807, 2.05) is 0 Å². The lowest BCUT2D eigenvalue weighted by atomic mass is 10.2. The molecule has 1 aromatic carbocycles. The Kier molecular flexibility index (Phi) is 5.85. The predicted octanol–water partition coefficient (Wildman–Crippen LogP) is 3.33. The number of nitrogens with one attached hydrogen (secondary N) is 2. The first-order valence-corrected chi connectivity index (χ1v) is 7.54. The SMILES string of the molecule is CCOc1cc(NC(=O)c2n[nH]c([N+](=O)[O-])c2Br)ccc1OC(F)F. The zero-order valence-corrected chi connectivity index (χ0v) is 14.2. The number of anilines is 1. The van der Waals surface area contributed by atoms with E-state index in [0.717, 1.165) is 0 Å². The van der Waals surface area contributed by atoms with Gasteiger partial charge in [-0.3, -0.25) is 4.79 Å². The molecule has 0 radical (unpaired) electrons. The summed E-state index contributed by atoms with van der Waals surface area (Å²) in [5.74, 6) is -1.40. The van der Waals surface area contributed by atoms with E-state index < -0.39 is 23.3 Å². The fourth-order valence-corrected chi connectivity index (χ4v) is 2.33. The van der Waals surface area contributed by atoms with Crippen LogP contribution in [-0.4, -0.2) is 34.2 Å². The van der Waals surface area contributed by atoms with E-state index in [-0.39, 0.29) is 34.0 Å². The third kappa shape index (κ3) is 4.41. The minimum absolute atomic E-state index is 0.00711. The molecule has 0 spiro atoms. The number of aromatic nitrogens is 2. The number of hydrogen-bond donors (Lipinski definition) is 2. The van der Waals surface area contributed by atoms with Crippen LogP contribution < -0.4 is 14.8 Å². The van der Waals surface area contributed by atoms with Crippen molar-refractivity contribution < 1.29 is 28.0 Å². The van der Waals surface area contributed by atoms with E-state index in [9.17, 15) is 23.7 Å². The minimum Gasteiger partial charge on any atom is -0.490 e. The summed E-state index contributed by atoms with van der Waals surface area (Å²) in [6.07, 6.45) is 0. The van der Waals surface area contributed by atoms with Crippen LogP contribution in [0, 0.1) is 10.1 Å². The second-order valence-corrected chi connectivity index (χ2v) is 5.21. The summed E-state index contributed by atoms with van der Waals surface area (Å²) in [6, 6.07) is 3.80. The van der Waals surface area contributed by atoms with Crippen LogP contribution in [0.3, 0.4) is 0 Å². The highest BCUT2D eigenvalue weighted by atomic mass is 79.9. The number of nitro groups is 1. The fraction of sp³-hybridized carbons (Fsp3) is 0.231. The van der Waals surface area contributed by atoms with Crippen LogP contribution in [0.4, 0.5) is 20.3 Å². The molecule has 1 heterocycles. The number of rotatable bonds is 7. The van der Waals surface area contributed by atoms with Gasteiger partial charge in [0.05, 0.1) is 6.61 Å². The smallest absolute Gasteiger partial charge is 0.387 e. The van der Waals surface area contributed by atoms with Crippen LogP contribution >= 0.6 is 15.9 Å². The van der Waals surface area contributed by atoms with Crippen molar-refractivity contribution in [2.75, 3.05) is 11.9 Å². The van der Waals surface area contributed by atoms with Gasteiger partial charge in [-0.15, -0.1) is 5.10 Å². The molecule has 9 nitrogen and oxygen atoms in total. The van der Waals surface area contributed by atoms with Crippen molar-refractivity contribution >= 4 is 33.3 Å². The summed E-state index contributed by atoms with van der Waals surface area (Å²) in [7, 11) is 0. The van der Waals surface area contributed by atoms with E-state index >= 15 is 0 Å². The summed E-state index contributed by atoms with van der Waals surface area (Å²) in [5.41, 5.74) is -0.0369. The molecular formula is C13H11BrF2N4O5. The third-order valence-corrected chi connectivity index (χ3v) is 3.56. The van der Waals surface area contributed by atoms with E-state index in [2.05, 4.69) is 36.2 Å². The highest BCUT2D eigenvalue weighted by molar-refractivity contribution is 9.10. The van der Waals surface area contributed by atoms with Gasteiger partial charge in [-0.1, -0.05) is 5.10 Å². The zero-order valence-electron chi connectivity index (χ0n) is 12.6. The van der Waals surface area contributed by atoms with Gasteiger partial charge >= 0.3 is 12.4 Å². The van der Waals surface area contributed by atoms with Crippen molar-refractivity contribution in [2.45, 2.75) is 13.5 Å². The Morgan fingerprint density at radius 3 is 2.76 bits per heavy atom. The molecule has 0 atom stereocenters. The second-order valence-electron chi connectivity index (χ2n) is 4.42. The van der Waals surface area contributed by atoms with Gasteiger partial charge in [0.15, 0.2) is 17.2 Å². The van der Waals surface area contributed by atoms with E-state index in [1.54, 1.807) is 6.92 Å². The molecule has 12 heteroatoms. The Balaban J connectivity index is 2.23. The number of amides is 1. The molecule has 0 unspecified atom stereocenters. The summed E-state index contributed by atoms with van der Waals surface area (Å²) < 4.78 is 34.1. The number of carbonyl (C=O) groups is 1. The second kappa shape index (κ2) is 7.88. The molecule has 0 aliphatic carbocycles. The van der Waals surface area contributed by atoms with Crippen molar-refractivity contribution in [3.8, 4) is 11.5 Å². The van der Waals surface area contributed by atoms with Crippen molar-refractivity contribution in [2.24, 2.45) is 0 Å². The molecule has 2 N–H and O–H groups in total. The summed E-state index contributed by atoms with van der Waals surface area (Å²) in [6.45, 7) is -1.19. The predicted molar refractivity (Wildman–Crippen MR) is 85.1 cm³/mol. The molecule has 2 aromatic rings. The molecule has 0 fully saturated rings. The molecule has 0 aliphatic heterocycles. The number of hydrogen-bond acceptors (Lipinski definition) is 6. The zero-order chi connectivity index (χ0) is 18.6. The minimum atomic E-state index is -3.03. The van der Waals surface area contributed by atoms with Crippen LogP contribution in [0.5, 0.6) is 11.5 Å². The van der Waals surface area contributed by atoms with Crippen molar-refractivity contribution in [1.29, 1.82) is 0 Å². The van der Waals surface area contributed by atoms with Crippen molar-refractivity contribution in [1.82, 2.24) is 10.2 Å². The number of ether oxygens (including phenoxy) is 2. The van der Waals surface area contributed by atoms with Crippen LogP contribution in [0.1, 0.15) is 17.4 Å². The van der Waals surface area contributed by atoms with Gasteiger partial charge in [0.2, 0.25) is 0 Å². The van der Waals surface area contributed by atoms with Crippen LogP contribution in [0.2, 0.25) is 0 Å². The normalized spacial score (nSPS) is 10.6. The summed E-state index contributed by atoms with van der Waals surface area (Å²) >= 11 is 2.92. The highest BCUT2D eigenvalue weighted by Gasteiger charge is 2.25. The highest BCUT2D eigenvalue weighted by Crippen LogP contribution is 2.32. The Bertz CT molecular complexity index is 799. The Morgan fingerprint density at radius 2 is 2.20 bits per heavy atom.